The van der Waals surface area contributed by atoms with Gasteiger partial charge in [-0.2, -0.15) is 0 Å². The van der Waals surface area contributed by atoms with Crippen LogP contribution in [0.1, 0.15) is 0 Å². The van der Waals surface area contributed by atoms with Gasteiger partial charge in [0.05, 0.1) is 5.69 Å². The van der Waals surface area contributed by atoms with Gasteiger partial charge < -0.3 is 9.64 Å². The van der Waals surface area contributed by atoms with Crippen molar-refractivity contribution in [3.05, 3.63) is 212 Å². The second kappa shape index (κ2) is 13.4. The molecule has 1 aliphatic heterocycles. The average molecular weight is 690 g/mol. The number of benzene rings is 9. The zero-order chi connectivity index (χ0) is 35.8. The Kier molecular flexibility index (Phi) is 7.85. The molecular weight excluding hydrogens is 655 g/mol. The van der Waals surface area contributed by atoms with Gasteiger partial charge in [-0.15, -0.1) is 0 Å². The highest BCUT2D eigenvalue weighted by Gasteiger charge is 2.22. The monoisotopic (exact) mass is 689 g/mol. The van der Waals surface area contributed by atoms with Crippen molar-refractivity contribution in [3.8, 4) is 67.1 Å². The van der Waals surface area contributed by atoms with Crippen LogP contribution in [0.4, 0.5) is 17.1 Å². The number of anilines is 3. The molecule has 0 radical (unpaired) electrons. The average Bonchev–Trinajstić information content (AvgIpc) is 3.25. The molecule has 254 valence electrons. The smallest absolute Gasteiger partial charge is 0.135 e. The van der Waals surface area contributed by atoms with Gasteiger partial charge in [0.2, 0.25) is 0 Å². The van der Waals surface area contributed by atoms with Gasteiger partial charge in [0.1, 0.15) is 11.5 Å². The van der Waals surface area contributed by atoms with Crippen molar-refractivity contribution >= 4 is 27.8 Å². The molecular formula is C52H35NO. The SMILES string of the molecule is c1ccc(-c2ccc(-c3ccc(N(c4cccc(-c5ccc6c(c5)-c5cccc7cccc(c57)O6)c4)c4ccccc4-c4ccccc4)cc3)cc2)cc1. The number of nitrogens with zero attached hydrogens (tertiary/aromatic N) is 1. The van der Waals surface area contributed by atoms with Crippen molar-refractivity contribution in [1.29, 1.82) is 0 Å². The molecule has 0 saturated heterocycles. The second-order valence-corrected chi connectivity index (χ2v) is 13.7. The molecule has 0 aromatic heterocycles. The highest BCUT2D eigenvalue weighted by molar-refractivity contribution is 6.04. The second-order valence-electron chi connectivity index (χ2n) is 13.7. The number of hydrogen-bond acceptors (Lipinski definition) is 2. The van der Waals surface area contributed by atoms with E-state index in [1.807, 2.05) is 0 Å². The molecule has 54 heavy (non-hydrogen) atoms. The fourth-order valence-corrected chi connectivity index (χ4v) is 7.81. The lowest BCUT2D eigenvalue weighted by molar-refractivity contribution is 0.487. The molecule has 9 aromatic carbocycles. The first-order chi connectivity index (χ1) is 26.8. The summed E-state index contributed by atoms with van der Waals surface area (Å²) >= 11 is 0. The van der Waals surface area contributed by atoms with Crippen LogP contribution in [0.15, 0.2) is 212 Å². The van der Waals surface area contributed by atoms with Crippen LogP contribution in [0.2, 0.25) is 0 Å². The van der Waals surface area contributed by atoms with E-state index in [9.17, 15) is 0 Å². The van der Waals surface area contributed by atoms with Crippen LogP contribution in [0.25, 0.3) is 66.4 Å². The van der Waals surface area contributed by atoms with Crippen LogP contribution < -0.4 is 9.64 Å². The molecule has 0 unspecified atom stereocenters. The highest BCUT2D eigenvalue weighted by Crippen LogP contribution is 2.48. The third kappa shape index (κ3) is 5.71. The third-order valence-electron chi connectivity index (χ3n) is 10.5. The predicted molar refractivity (Wildman–Crippen MR) is 226 cm³/mol. The number of fused-ring (bicyclic) bond motifs is 2. The maximum Gasteiger partial charge on any atom is 0.135 e. The van der Waals surface area contributed by atoms with E-state index in [0.717, 1.165) is 50.6 Å². The van der Waals surface area contributed by atoms with Gasteiger partial charge in [0.25, 0.3) is 0 Å². The van der Waals surface area contributed by atoms with E-state index in [4.69, 9.17) is 4.74 Å². The summed E-state index contributed by atoms with van der Waals surface area (Å²) in [4.78, 5) is 2.38. The molecule has 0 saturated carbocycles. The largest absolute Gasteiger partial charge is 0.456 e. The minimum atomic E-state index is 0.884. The molecule has 1 aliphatic rings. The third-order valence-corrected chi connectivity index (χ3v) is 10.5. The lowest BCUT2D eigenvalue weighted by Crippen LogP contribution is -2.11. The molecule has 9 aromatic rings. The van der Waals surface area contributed by atoms with Gasteiger partial charge in [0, 0.05) is 27.9 Å². The van der Waals surface area contributed by atoms with Crippen LogP contribution in [-0.2, 0) is 0 Å². The number of rotatable bonds is 7. The molecule has 0 atom stereocenters. The molecule has 1 heterocycles. The Balaban J connectivity index is 1.06. The number of para-hydroxylation sites is 1. The molecule has 10 rings (SSSR count). The highest BCUT2D eigenvalue weighted by atomic mass is 16.5. The molecule has 0 fully saturated rings. The normalized spacial score (nSPS) is 11.5. The van der Waals surface area contributed by atoms with Crippen LogP contribution in [0.3, 0.4) is 0 Å². The van der Waals surface area contributed by atoms with Crippen molar-refractivity contribution in [2.24, 2.45) is 0 Å². The van der Waals surface area contributed by atoms with E-state index >= 15 is 0 Å². The maximum atomic E-state index is 6.43. The quantitative estimate of drug-likeness (QED) is 0.165. The summed E-state index contributed by atoms with van der Waals surface area (Å²) in [6, 6.07) is 75.9. The van der Waals surface area contributed by atoms with Crippen molar-refractivity contribution in [2.75, 3.05) is 4.90 Å². The number of hydrogen-bond donors (Lipinski definition) is 0. The van der Waals surface area contributed by atoms with Gasteiger partial charge in [-0.1, -0.05) is 164 Å². The lowest BCUT2D eigenvalue weighted by atomic mass is 9.92. The summed E-state index contributed by atoms with van der Waals surface area (Å²) in [5.74, 6) is 1.79. The first kappa shape index (κ1) is 31.6. The number of ether oxygens (including phenoxy) is 1. The minimum absolute atomic E-state index is 0.884. The Labute approximate surface area is 315 Å². The Morgan fingerprint density at radius 3 is 1.57 bits per heavy atom. The predicted octanol–water partition coefficient (Wildman–Crippen LogP) is 14.8. The fourth-order valence-electron chi connectivity index (χ4n) is 7.81. The Bertz CT molecular complexity index is 2770. The van der Waals surface area contributed by atoms with E-state index in [-0.39, 0.29) is 0 Å². The summed E-state index contributed by atoms with van der Waals surface area (Å²) in [5, 5.41) is 2.35. The van der Waals surface area contributed by atoms with Crippen LogP contribution in [0.5, 0.6) is 11.5 Å². The van der Waals surface area contributed by atoms with Crippen LogP contribution in [0, 0.1) is 0 Å². The van der Waals surface area contributed by atoms with E-state index in [1.54, 1.807) is 0 Å². The van der Waals surface area contributed by atoms with Gasteiger partial charge in [0.15, 0.2) is 0 Å². The Hall–Kier alpha value is -7.16. The molecule has 0 aliphatic carbocycles. The Morgan fingerprint density at radius 2 is 0.833 bits per heavy atom. The van der Waals surface area contributed by atoms with Gasteiger partial charge in [-0.25, -0.2) is 0 Å². The fraction of sp³-hybridized carbons (Fsp3) is 0. The van der Waals surface area contributed by atoms with Crippen LogP contribution in [-0.4, -0.2) is 0 Å². The van der Waals surface area contributed by atoms with Crippen LogP contribution >= 0.6 is 0 Å². The maximum absolute atomic E-state index is 6.43. The summed E-state index contributed by atoms with van der Waals surface area (Å²) in [6.45, 7) is 0. The molecule has 2 nitrogen and oxygen atoms in total. The zero-order valence-electron chi connectivity index (χ0n) is 29.6. The van der Waals surface area contributed by atoms with E-state index in [0.29, 0.717) is 0 Å². The summed E-state index contributed by atoms with van der Waals surface area (Å²) in [5.41, 5.74) is 15.0. The molecule has 0 spiro atoms. The van der Waals surface area contributed by atoms with Crippen molar-refractivity contribution in [2.45, 2.75) is 0 Å². The topological polar surface area (TPSA) is 12.5 Å². The minimum Gasteiger partial charge on any atom is -0.456 e. The summed E-state index contributed by atoms with van der Waals surface area (Å²) < 4.78 is 6.43. The lowest BCUT2D eigenvalue weighted by Gasteiger charge is -2.28. The van der Waals surface area contributed by atoms with Crippen molar-refractivity contribution < 1.29 is 4.74 Å². The molecule has 0 N–H and O–H groups in total. The standard InChI is InChI=1S/C52H35NO/c1-3-12-36(13-4-1)37-24-26-38(27-25-37)39-28-31-44(32-29-39)53(49-22-8-7-20-46(49)40-14-5-2-6-15-40)45-19-9-18-42(34-45)43-30-33-50-48(35-43)47-21-10-16-41-17-11-23-51(54-50)52(41)47/h1-35H. The van der Waals surface area contributed by atoms with Crippen molar-refractivity contribution in [3.63, 3.8) is 0 Å². The van der Waals surface area contributed by atoms with Gasteiger partial charge in [-0.05, 0) is 98.4 Å². The van der Waals surface area contributed by atoms with Gasteiger partial charge >= 0.3 is 0 Å². The zero-order valence-corrected chi connectivity index (χ0v) is 29.6. The molecule has 2 heteroatoms. The Morgan fingerprint density at radius 1 is 0.296 bits per heavy atom. The first-order valence-electron chi connectivity index (χ1n) is 18.4. The summed E-state index contributed by atoms with van der Waals surface area (Å²) in [6.07, 6.45) is 0. The van der Waals surface area contributed by atoms with Gasteiger partial charge in [-0.3, -0.25) is 0 Å². The van der Waals surface area contributed by atoms with E-state index < -0.39 is 0 Å². The summed E-state index contributed by atoms with van der Waals surface area (Å²) in [7, 11) is 0. The first-order valence-corrected chi connectivity index (χ1v) is 18.4. The molecule has 0 amide bonds. The van der Waals surface area contributed by atoms with E-state index in [1.165, 1.54) is 44.3 Å². The molecule has 0 bridgehead atoms. The van der Waals surface area contributed by atoms with Crippen molar-refractivity contribution in [1.82, 2.24) is 0 Å². The van der Waals surface area contributed by atoms with E-state index in [2.05, 4.69) is 217 Å².